The van der Waals surface area contributed by atoms with Gasteiger partial charge in [-0.2, -0.15) is 0 Å². The highest BCUT2D eigenvalue weighted by Crippen LogP contribution is 2.25. The van der Waals surface area contributed by atoms with Crippen molar-refractivity contribution in [3.63, 3.8) is 0 Å². The summed E-state index contributed by atoms with van der Waals surface area (Å²) in [7, 11) is 1.44. The zero-order chi connectivity index (χ0) is 7.61. The fourth-order valence-corrected chi connectivity index (χ4v) is 1.24. The molecule has 0 aliphatic carbocycles. The van der Waals surface area contributed by atoms with Crippen molar-refractivity contribution in [3.05, 3.63) is 0 Å². The molecule has 3 nitrogen and oxygen atoms in total. The van der Waals surface area contributed by atoms with Crippen molar-refractivity contribution in [2.24, 2.45) is 5.41 Å². The predicted octanol–water partition coefficient (Wildman–Crippen LogP) is 0.159. The summed E-state index contributed by atoms with van der Waals surface area (Å²) >= 11 is 0. The summed E-state index contributed by atoms with van der Waals surface area (Å²) < 4.78 is 4.66. The van der Waals surface area contributed by atoms with Gasteiger partial charge >= 0.3 is 5.97 Å². The second kappa shape index (κ2) is 2.58. The second-order valence-electron chi connectivity index (χ2n) is 2.98. The van der Waals surface area contributed by atoms with Gasteiger partial charge in [-0.3, -0.25) is 4.79 Å². The van der Waals surface area contributed by atoms with Gasteiger partial charge in [0.2, 0.25) is 0 Å². The van der Waals surface area contributed by atoms with Gasteiger partial charge < -0.3 is 10.1 Å². The van der Waals surface area contributed by atoms with Crippen LogP contribution in [0.3, 0.4) is 0 Å². The first kappa shape index (κ1) is 7.54. The number of hydrogen-bond donors (Lipinski definition) is 1. The van der Waals surface area contributed by atoms with Gasteiger partial charge in [-0.05, 0) is 19.9 Å². The lowest BCUT2D eigenvalue weighted by atomic mass is 9.90. The van der Waals surface area contributed by atoms with Crippen LogP contribution in [0.4, 0.5) is 0 Å². The fourth-order valence-electron chi connectivity index (χ4n) is 1.24. The largest absolute Gasteiger partial charge is 0.469 e. The van der Waals surface area contributed by atoms with Gasteiger partial charge in [0.1, 0.15) is 0 Å². The number of hydrogen-bond acceptors (Lipinski definition) is 3. The lowest BCUT2D eigenvalue weighted by molar-refractivity contribution is -0.150. The zero-order valence-corrected chi connectivity index (χ0v) is 6.44. The average molecular weight is 143 g/mol. The smallest absolute Gasteiger partial charge is 0.312 e. The minimum Gasteiger partial charge on any atom is -0.469 e. The summed E-state index contributed by atoms with van der Waals surface area (Å²) in [4.78, 5) is 11.1. The maximum absolute atomic E-state index is 11.1. The molecule has 1 N–H and O–H groups in total. The Morgan fingerprint density at radius 3 is 2.80 bits per heavy atom. The molecule has 58 valence electrons. The number of carbonyl (C=O) groups is 1. The Bertz CT molecular complexity index is 139. The van der Waals surface area contributed by atoms with Crippen molar-refractivity contribution in [1.82, 2.24) is 5.32 Å². The summed E-state index contributed by atoms with van der Waals surface area (Å²) in [6.45, 7) is 3.60. The number of ether oxygens (including phenoxy) is 1. The molecule has 0 bridgehead atoms. The van der Waals surface area contributed by atoms with Crippen molar-refractivity contribution >= 4 is 5.97 Å². The van der Waals surface area contributed by atoms with Gasteiger partial charge in [0, 0.05) is 6.54 Å². The SMILES string of the molecule is COC(=O)C1(C)CCNC1. The third kappa shape index (κ3) is 1.14. The molecule has 1 heterocycles. The van der Waals surface area contributed by atoms with E-state index < -0.39 is 0 Å². The third-order valence-corrected chi connectivity index (χ3v) is 2.05. The maximum Gasteiger partial charge on any atom is 0.312 e. The molecule has 0 aromatic rings. The Morgan fingerprint density at radius 1 is 1.70 bits per heavy atom. The number of nitrogens with one attached hydrogen (secondary N) is 1. The first-order valence-electron chi connectivity index (χ1n) is 3.48. The molecular formula is C7H13NO2. The van der Waals surface area contributed by atoms with E-state index in [1.807, 2.05) is 6.92 Å². The van der Waals surface area contributed by atoms with Gasteiger partial charge in [0.15, 0.2) is 0 Å². The molecule has 0 radical (unpaired) electrons. The molecule has 0 aromatic carbocycles. The Labute approximate surface area is 60.7 Å². The standard InChI is InChI=1S/C7H13NO2/c1-7(6(9)10-2)3-4-8-5-7/h8H,3-5H2,1-2H3. The van der Waals surface area contributed by atoms with Crippen molar-refractivity contribution in [1.29, 1.82) is 0 Å². The molecule has 1 unspecified atom stereocenters. The fraction of sp³-hybridized carbons (Fsp3) is 0.857. The lowest BCUT2D eigenvalue weighted by Crippen LogP contribution is -2.31. The number of methoxy groups -OCH3 is 1. The predicted molar refractivity (Wildman–Crippen MR) is 37.6 cm³/mol. The molecule has 0 spiro atoms. The monoisotopic (exact) mass is 143 g/mol. The molecule has 1 atom stereocenters. The van der Waals surface area contributed by atoms with E-state index in [1.165, 1.54) is 7.11 Å². The lowest BCUT2D eigenvalue weighted by Gasteiger charge is -2.18. The minimum absolute atomic E-state index is 0.0995. The zero-order valence-electron chi connectivity index (χ0n) is 6.44. The van der Waals surface area contributed by atoms with Gasteiger partial charge in [0.05, 0.1) is 12.5 Å². The highest BCUT2D eigenvalue weighted by molar-refractivity contribution is 5.76. The summed E-state index contributed by atoms with van der Waals surface area (Å²) in [5.74, 6) is -0.0995. The van der Waals surface area contributed by atoms with Gasteiger partial charge in [-0.25, -0.2) is 0 Å². The summed E-state index contributed by atoms with van der Waals surface area (Å²) in [6, 6.07) is 0. The second-order valence-corrected chi connectivity index (χ2v) is 2.98. The molecule has 0 saturated carbocycles. The topological polar surface area (TPSA) is 38.3 Å². The summed E-state index contributed by atoms with van der Waals surface area (Å²) in [6.07, 6.45) is 0.889. The first-order valence-corrected chi connectivity index (χ1v) is 3.48. The van der Waals surface area contributed by atoms with E-state index in [2.05, 4.69) is 10.1 Å². The van der Waals surface area contributed by atoms with Crippen LogP contribution in [0.5, 0.6) is 0 Å². The quantitative estimate of drug-likeness (QED) is 0.531. The van der Waals surface area contributed by atoms with E-state index in [0.717, 1.165) is 19.5 Å². The molecule has 10 heavy (non-hydrogen) atoms. The van der Waals surface area contributed by atoms with E-state index in [4.69, 9.17) is 0 Å². The normalized spacial score (nSPS) is 32.2. The molecule has 0 aromatic heterocycles. The van der Waals surface area contributed by atoms with E-state index in [0.29, 0.717) is 0 Å². The Hall–Kier alpha value is -0.570. The number of esters is 1. The first-order chi connectivity index (χ1) is 4.69. The van der Waals surface area contributed by atoms with Gasteiger partial charge in [-0.1, -0.05) is 0 Å². The van der Waals surface area contributed by atoms with E-state index >= 15 is 0 Å². The Kier molecular flexibility index (Phi) is 1.94. The van der Waals surface area contributed by atoms with Crippen molar-refractivity contribution in [2.45, 2.75) is 13.3 Å². The van der Waals surface area contributed by atoms with Crippen LogP contribution in [0, 0.1) is 5.41 Å². The third-order valence-electron chi connectivity index (χ3n) is 2.05. The Balaban J connectivity index is 2.58. The van der Waals surface area contributed by atoms with Crippen LogP contribution in [0.25, 0.3) is 0 Å². The van der Waals surface area contributed by atoms with Crippen LogP contribution in [0.2, 0.25) is 0 Å². The number of rotatable bonds is 1. The maximum atomic E-state index is 11.1. The molecule has 1 saturated heterocycles. The van der Waals surface area contributed by atoms with E-state index in [1.54, 1.807) is 0 Å². The van der Waals surface area contributed by atoms with Crippen molar-refractivity contribution in [2.75, 3.05) is 20.2 Å². The average Bonchev–Trinajstić information content (AvgIpc) is 2.36. The molecular weight excluding hydrogens is 130 g/mol. The Morgan fingerprint density at radius 2 is 2.40 bits per heavy atom. The van der Waals surface area contributed by atoms with Crippen LogP contribution in [0.15, 0.2) is 0 Å². The molecule has 0 amide bonds. The van der Waals surface area contributed by atoms with Gasteiger partial charge in [-0.15, -0.1) is 0 Å². The highest BCUT2D eigenvalue weighted by Gasteiger charge is 2.37. The van der Waals surface area contributed by atoms with Crippen LogP contribution >= 0.6 is 0 Å². The summed E-state index contributed by atoms with van der Waals surface area (Å²) in [5.41, 5.74) is -0.269. The molecule has 3 heteroatoms. The highest BCUT2D eigenvalue weighted by atomic mass is 16.5. The van der Waals surface area contributed by atoms with Crippen LogP contribution < -0.4 is 5.32 Å². The van der Waals surface area contributed by atoms with Crippen molar-refractivity contribution < 1.29 is 9.53 Å². The van der Waals surface area contributed by atoms with E-state index in [-0.39, 0.29) is 11.4 Å². The van der Waals surface area contributed by atoms with Crippen LogP contribution in [-0.2, 0) is 9.53 Å². The summed E-state index contributed by atoms with van der Waals surface area (Å²) in [5, 5.41) is 3.13. The number of carbonyl (C=O) groups excluding carboxylic acids is 1. The van der Waals surface area contributed by atoms with E-state index in [9.17, 15) is 4.79 Å². The van der Waals surface area contributed by atoms with Crippen LogP contribution in [-0.4, -0.2) is 26.2 Å². The molecule has 1 aliphatic rings. The molecule has 1 rings (SSSR count). The molecule has 1 aliphatic heterocycles. The van der Waals surface area contributed by atoms with Crippen molar-refractivity contribution in [3.8, 4) is 0 Å². The van der Waals surface area contributed by atoms with Gasteiger partial charge in [0.25, 0.3) is 0 Å². The van der Waals surface area contributed by atoms with Crippen LogP contribution in [0.1, 0.15) is 13.3 Å². The minimum atomic E-state index is -0.269. The molecule has 1 fully saturated rings.